The van der Waals surface area contributed by atoms with Crippen LogP contribution < -0.4 is 5.32 Å². The zero-order chi connectivity index (χ0) is 13.7. The molecule has 1 aliphatic rings. The Morgan fingerprint density at radius 1 is 1.53 bits per heavy atom. The Kier molecular flexibility index (Phi) is 4.93. The second-order valence-electron chi connectivity index (χ2n) is 5.28. The van der Waals surface area contributed by atoms with E-state index in [4.69, 9.17) is 0 Å². The molecule has 19 heavy (non-hydrogen) atoms. The predicted molar refractivity (Wildman–Crippen MR) is 76.2 cm³/mol. The van der Waals surface area contributed by atoms with Crippen molar-refractivity contribution < 1.29 is 9.90 Å². The number of aliphatic hydroxyl groups is 1. The summed E-state index contributed by atoms with van der Waals surface area (Å²) in [6.07, 6.45) is 7.50. The van der Waals surface area contributed by atoms with E-state index in [9.17, 15) is 9.90 Å². The fourth-order valence-corrected chi connectivity index (χ4v) is 3.37. The monoisotopic (exact) mass is 282 g/mol. The van der Waals surface area contributed by atoms with Crippen molar-refractivity contribution in [3.8, 4) is 0 Å². The first kappa shape index (κ1) is 14.5. The number of hydrogen-bond acceptors (Lipinski definition) is 4. The summed E-state index contributed by atoms with van der Waals surface area (Å²) in [4.78, 5) is 17.4. The zero-order valence-electron chi connectivity index (χ0n) is 11.4. The van der Waals surface area contributed by atoms with E-state index in [2.05, 4.69) is 17.2 Å². The lowest BCUT2D eigenvalue weighted by Gasteiger charge is -2.20. The molecule has 0 aliphatic heterocycles. The number of nitrogens with one attached hydrogen (secondary N) is 1. The smallest absolute Gasteiger partial charge is 0.222 e. The van der Waals surface area contributed by atoms with Gasteiger partial charge in [-0.2, -0.15) is 0 Å². The highest BCUT2D eigenvalue weighted by Gasteiger charge is 2.33. The van der Waals surface area contributed by atoms with Gasteiger partial charge in [-0.15, -0.1) is 11.3 Å². The van der Waals surface area contributed by atoms with Crippen LogP contribution >= 0.6 is 11.3 Å². The molecule has 0 spiro atoms. The number of carbonyl (C=O) groups excluding carboxylic acids is 1. The molecular formula is C14H22N2O2S. The first-order valence-corrected chi connectivity index (χ1v) is 7.85. The van der Waals surface area contributed by atoms with Gasteiger partial charge in [0.15, 0.2) is 0 Å². The first-order chi connectivity index (χ1) is 9.11. The van der Waals surface area contributed by atoms with Crippen LogP contribution in [0.3, 0.4) is 0 Å². The predicted octanol–water partition coefficient (Wildman–Crippen LogP) is 2.06. The van der Waals surface area contributed by atoms with Crippen molar-refractivity contribution in [3.05, 3.63) is 16.1 Å². The maximum absolute atomic E-state index is 11.8. The molecule has 106 valence electrons. The maximum Gasteiger partial charge on any atom is 0.222 e. The van der Waals surface area contributed by atoms with Gasteiger partial charge in [-0.1, -0.05) is 19.8 Å². The Morgan fingerprint density at radius 3 is 2.89 bits per heavy atom. The highest BCUT2D eigenvalue weighted by molar-refractivity contribution is 7.11. The molecule has 5 heteroatoms. The van der Waals surface area contributed by atoms with E-state index >= 15 is 0 Å². The van der Waals surface area contributed by atoms with E-state index in [0.29, 0.717) is 6.54 Å². The number of carbonyl (C=O) groups is 1. The van der Waals surface area contributed by atoms with E-state index in [1.807, 2.05) is 6.20 Å². The van der Waals surface area contributed by atoms with Crippen molar-refractivity contribution in [2.45, 2.75) is 57.5 Å². The number of hydrogen-bond donors (Lipinski definition) is 2. The third-order valence-corrected chi connectivity index (χ3v) is 4.84. The molecule has 0 saturated heterocycles. The van der Waals surface area contributed by atoms with E-state index in [1.165, 1.54) is 4.88 Å². The SMILES string of the molecule is CCc1cnc(CCNC(=O)CC2(O)CCCC2)s1. The molecule has 4 nitrogen and oxygen atoms in total. The van der Waals surface area contributed by atoms with Gasteiger partial charge in [-0.25, -0.2) is 4.98 Å². The molecule has 1 aromatic rings. The Hall–Kier alpha value is -0.940. The van der Waals surface area contributed by atoms with Crippen molar-refractivity contribution >= 4 is 17.2 Å². The number of amides is 1. The lowest BCUT2D eigenvalue weighted by Crippen LogP contribution is -2.35. The van der Waals surface area contributed by atoms with Gasteiger partial charge >= 0.3 is 0 Å². The highest BCUT2D eigenvalue weighted by atomic mass is 32.1. The van der Waals surface area contributed by atoms with Crippen LogP contribution in [0.2, 0.25) is 0 Å². The molecule has 0 bridgehead atoms. The largest absolute Gasteiger partial charge is 0.389 e. The van der Waals surface area contributed by atoms with Crippen LogP contribution in [0.1, 0.15) is 48.9 Å². The Balaban J connectivity index is 1.69. The second kappa shape index (κ2) is 6.48. The Morgan fingerprint density at radius 2 is 2.26 bits per heavy atom. The van der Waals surface area contributed by atoms with Crippen LogP contribution in [0.15, 0.2) is 6.20 Å². The van der Waals surface area contributed by atoms with E-state index in [-0.39, 0.29) is 12.3 Å². The molecule has 2 N–H and O–H groups in total. The van der Waals surface area contributed by atoms with Crippen LogP contribution in [-0.4, -0.2) is 28.1 Å². The summed E-state index contributed by atoms with van der Waals surface area (Å²) in [6, 6.07) is 0. The van der Waals surface area contributed by atoms with E-state index in [1.54, 1.807) is 11.3 Å². The number of aromatic nitrogens is 1. The summed E-state index contributed by atoms with van der Waals surface area (Å²) in [6.45, 7) is 2.72. The molecule has 0 radical (unpaired) electrons. The summed E-state index contributed by atoms with van der Waals surface area (Å²) in [5.74, 6) is -0.0447. The molecule has 1 aliphatic carbocycles. The van der Waals surface area contributed by atoms with Gasteiger partial charge in [0.05, 0.1) is 17.0 Å². The molecule has 1 aromatic heterocycles. The summed E-state index contributed by atoms with van der Waals surface area (Å²) in [5, 5.41) is 14.1. The van der Waals surface area contributed by atoms with Crippen molar-refractivity contribution in [3.63, 3.8) is 0 Å². The fraction of sp³-hybridized carbons (Fsp3) is 0.714. The van der Waals surface area contributed by atoms with Gasteiger partial charge < -0.3 is 10.4 Å². The quantitative estimate of drug-likeness (QED) is 0.839. The first-order valence-electron chi connectivity index (χ1n) is 7.04. The van der Waals surface area contributed by atoms with Crippen LogP contribution in [0.25, 0.3) is 0 Å². The van der Waals surface area contributed by atoms with Gasteiger partial charge in [-0.05, 0) is 19.3 Å². The third kappa shape index (κ3) is 4.28. The summed E-state index contributed by atoms with van der Waals surface area (Å²) < 4.78 is 0. The lowest BCUT2D eigenvalue weighted by molar-refractivity contribution is -0.125. The van der Waals surface area contributed by atoms with Gasteiger partial charge in [0.1, 0.15) is 0 Å². The van der Waals surface area contributed by atoms with Gasteiger partial charge in [-0.3, -0.25) is 4.79 Å². The Bertz CT molecular complexity index is 425. The zero-order valence-corrected chi connectivity index (χ0v) is 12.3. The van der Waals surface area contributed by atoms with Gasteiger partial charge in [0.2, 0.25) is 5.91 Å². The topological polar surface area (TPSA) is 62.2 Å². The van der Waals surface area contributed by atoms with Crippen molar-refractivity contribution in [2.75, 3.05) is 6.54 Å². The van der Waals surface area contributed by atoms with Crippen LogP contribution in [0, 0.1) is 0 Å². The summed E-state index contributed by atoms with van der Waals surface area (Å²) in [5.41, 5.74) is -0.749. The molecule has 0 aromatic carbocycles. The minimum Gasteiger partial charge on any atom is -0.389 e. The van der Waals surface area contributed by atoms with Crippen molar-refractivity contribution in [1.29, 1.82) is 0 Å². The summed E-state index contributed by atoms with van der Waals surface area (Å²) >= 11 is 1.70. The maximum atomic E-state index is 11.8. The molecule has 1 amide bonds. The van der Waals surface area contributed by atoms with E-state index < -0.39 is 5.60 Å². The third-order valence-electron chi connectivity index (χ3n) is 3.63. The lowest BCUT2D eigenvalue weighted by atomic mass is 9.98. The highest BCUT2D eigenvalue weighted by Crippen LogP contribution is 2.32. The van der Waals surface area contributed by atoms with Crippen LogP contribution in [-0.2, 0) is 17.6 Å². The average molecular weight is 282 g/mol. The molecule has 2 rings (SSSR count). The molecule has 0 unspecified atom stereocenters. The van der Waals surface area contributed by atoms with Gasteiger partial charge in [0, 0.05) is 24.0 Å². The van der Waals surface area contributed by atoms with Crippen molar-refractivity contribution in [2.24, 2.45) is 0 Å². The minimum absolute atomic E-state index is 0.0447. The Labute approximate surface area is 118 Å². The number of aryl methyl sites for hydroxylation is 1. The molecule has 0 atom stereocenters. The molecule has 1 heterocycles. The second-order valence-corrected chi connectivity index (χ2v) is 6.48. The van der Waals surface area contributed by atoms with Crippen molar-refractivity contribution in [1.82, 2.24) is 10.3 Å². The number of nitrogens with zero attached hydrogens (tertiary/aromatic N) is 1. The molecular weight excluding hydrogens is 260 g/mol. The van der Waals surface area contributed by atoms with Crippen LogP contribution in [0.5, 0.6) is 0 Å². The minimum atomic E-state index is -0.749. The standard InChI is InChI=1S/C14H22N2O2S/c1-2-11-10-16-13(19-11)5-8-15-12(17)9-14(18)6-3-4-7-14/h10,18H,2-9H2,1H3,(H,15,17). The van der Waals surface area contributed by atoms with Crippen LogP contribution in [0.4, 0.5) is 0 Å². The molecule has 1 fully saturated rings. The molecule has 1 saturated carbocycles. The fourth-order valence-electron chi connectivity index (χ4n) is 2.51. The van der Waals surface area contributed by atoms with Gasteiger partial charge in [0.25, 0.3) is 0 Å². The van der Waals surface area contributed by atoms with E-state index in [0.717, 1.165) is 43.5 Å². The summed E-state index contributed by atoms with van der Waals surface area (Å²) in [7, 11) is 0. The number of rotatable bonds is 6. The number of thiazole rings is 1. The average Bonchev–Trinajstić information content (AvgIpc) is 2.98. The normalized spacial score (nSPS) is 17.6.